The van der Waals surface area contributed by atoms with E-state index in [9.17, 15) is 0 Å². The summed E-state index contributed by atoms with van der Waals surface area (Å²) >= 11 is 1.77. The van der Waals surface area contributed by atoms with Crippen molar-refractivity contribution in [1.29, 1.82) is 0 Å². The van der Waals surface area contributed by atoms with E-state index in [-0.39, 0.29) is 0 Å². The van der Waals surface area contributed by atoms with Crippen LogP contribution in [0.5, 0.6) is 0 Å². The normalized spacial score (nSPS) is 11.2. The molecule has 0 unspecified atom stereocenters. The van der Waals surface area contributed by atoms with Crippen LogP contribution < -0.4 is 5.32 Å². The molecule has 1 aromatic carbocycles. The minimum atomic E-state index is 0.781. The molecule has 3 nitrogen and oxygen atoms in total. The highest BCUT2D eigenvalue weighted by molar-refractivity contribution is 7.17. The summed E-state index contributed by atoms with van der Waals surface area (Å²) in [6.45, 7) is 0.781. The van der Waals surface area contributed by atoms with Gasteiger partial charge in [0.2, 0.25) is 0 Å². The van der Waals surface area contributed by atoms with Gasteiger partial charge in [0, 0.05) is 28.7 Å². The molecule has 4 heteroatoms. The first-order valence-corrected chi connectivity index (χ1v) is 7.40. The molecule has 20 heavy (non-hydrogen) atoms. The van der Waals surface area contributed by atoms with Crippen LogP contribution in [0, 0.1) is 0 Å². The van der Waals surface area contributed by atoms with Gasteiger partial charge in [-0.2, -0.15) is 5.10 Å². The van der Waals surface area contributed by atoms with Crippen LogP contribution in [0.25, 0.3) is 15.6 Å². The van der Waals surface area contributed by atoms with Crippen LogP contribution in [-0.2, 0) is 6.54 Å². The third-order valence-electron chi connectivity index (χ3n) is 3.44. The van der Waals surface area contributed by atoms with Crippen LogP contribution in [0.2, 0.25) is 0 Å². The summed E-state index contributed by atoms with van der Waals surface area (Å²) in [4.78, 5) is 0. The summed E-state index contributed by atoms with van der Waals surface area (Å²) in [5.41, 5.74) is 3.50. The van der Waals surface area contributed by atoms with Gasteiger partial charge in [0.05, 0.1) is 11.7 Å². The zero-order valence-corrected chi connectivity index (χ0v) is 11.6. The first-order chi connectivity index (χ1) is 9.90. The highest BCUT2D eigenvalue weighted by Crippen LogP contribution is 2.24. The third-order valence-corrected chi connectivity index (χ3v) is 4.34. The zero-order valence-electron chi connectivity index (χ0n) is 10.8. The SMILES string of the molecule is c1ccn2ncc(CNc3ccc4sccc4c3)c2c1. The lowest BCUT2D eigenvalue weighted by atomic mass is 10.2. The van der Waals surface area contributed by atoms with Crippen molar-refractivity contribution in [1.82, 2.24) is 9.61 Å². The largest absolute Gasteiger partial charge is 0.381 e. The Bertz CT molecular complexity index is 875. The lowest BCUT2D eigenvalue weighted by Gasteiger charge is -2.05. The van der Waals surface area contributed by atoms with E-state index in [0.29, 0.717) is 0 Å². The summed E-state index contributed by atoms with van der Waals surface area (Å²) in [6.07, 6.45) is 3.89. The number of nitrogens with zero attached hydrogens (tertiary/aromatic N) is 2. The summed E-state index contributed by atoms with van der Waals surface area (Å²) in [6, 6.07) is 14.8. The molecule has 3 heterocycles. The number of benzene rings is 1. The number of aromatic nitrogens is 2. The smallest absolute Gasteiger partial charge is 0.0711 e. The van der Waals surface area contributed by atoms with E-state index in [2.05, 4.69) is 46.1 Å². The lowest BCUT2D eigenvalue weighted by Crippen LogP contribution is -1.98. The predicted molar refractivity (Wildman–Crippen MR) is 84.3 cm³/mol. The van der Waals surface area contributed by atoms with E-state index in [1.807, 2.05) is 29.0 Å². The molecule has 0 saturated carbocycles. The molecule has 0 bridgehead atoms. The Kier molecular flexibility index (Phi) is 2.67. The fraction of sp³-hybridized carbons (Fsp3) is 0.0625. The van der Waals surface area contributed by atoms with Gasteiger partial charge in [0.15, 0.2) is 0 Å². The average Bonchev–Trinajstić information content (AvgIpc) is 3.11. The van der Waals surface area contributed by atoms with Crippen LogP contribution in [0.15, 0.2) is 60.2 Å². The molecule has 4 aromatic rings. The van der Waals surface area contributed by atoms with E-state index in [4.69, 9.17) is 0 Å². The molecule has 0 spiro atoms. The molecular formula is C16H13N3S. The molecule has 0 aliphatic carbocycles. The van der Waals surface area contributed by atoms with Crippen LogP contribution in [-0.4, -0.2) is 9.61 Å². The molecule has 0 aliphatic rings. The Balaban J connectivity index is 1.60. The van der Waals surface area contributed by atoms with Crippen molar-refractivity contribution in [3.05, 3.63) is 65.8 Å². The number of pyridine rings is 1. The Morgan fingerprint density at radius 2 is 2.15 bits per heavy atom. The summed E-state index contributed by atoms with van der Waals surface area (Å²) in [5, 5.41) is 11.2. The first-order valence-electron chi connectivity index (χ1n) is 6.52. The quantitative estimate of drug-likeness (QED) is 0.610. The van der Waals surface area contributed by atoms with Gasteiger partial charge in [-0.15, -0.1) is 11.3 Å². The summed E-state index contributed by atoms with van der Waals surface area (Å²) in [5.74, 6) is 0. The fourth-order valence-electron chi connectivity index (χ4n) is 2.40. The number of anilines is 1. The van der Waals surface area contributed by atoms with Crippen LogP contribution in [0.3, 0.4) is 0 Å². The number of hydrogen-bond donors (Lipinski definition) is 1. The lowest BCUT2D eigenvalue weighted by molar-refractivity contribution is 0.961. The second-order valence-corrected chi connectivity index (χ2v) is 5.67. The van der Waals surface area contributed by atoms with Crippen molar-refractivity contribution < 1.29 is 0 Å². The van der Waals surface area contributed by atoms with Crippen molar-refractivity contribution in [2.24, 2.45) is 0 Å². The van der Waals surface area contributed by atoms with Crippen molar-refractivity contribution >= 4 is 32.6 Å². The minimum absolute atomic E-state index is 0.781. The maximum absolute atomic E-state index is 4.35. The molecule has 0 saturated heterocycles. The number of hydrogen-bond acceptors (Lipinski definition) is 3. The van der Waals surface area contributed by atoms with Crippen LogP contribution in [0.4, 0.5) is 5.69 Å². The van der Waals surface area contributed by atoms with Crippen molar-refractivity contribution in [2.45, 2.75) is 6.54 Å². The number of thiophene rings is 1. The Morgan fingerprint density at radius 3 is 3.15 bits per heavy atom. The van der Waals surface area contributed by atoms with Gasteiger partial charge in [0.25, 0.3) is 0 Å². The topological polar surface area (TPSA) is 29.3 Å². The number of nitrogens with one attached hydrogen (secondary N) is 1. The molecule has 0 fully saturated rings. The molecule has 0 amide bonds. The maximum atomic E-state index is 4.35. The Labute approximate surface area is 120 Å². The highest BCUT2D eigenvalue weighted by atomic mass is 32.1. The van der Waals surface area contributed by atoms with E-state index >= 15 is 0 Å². The molecule has 3 aromatic heterocycles. The molecule has 1 N–H and O–H groups in total. The van der Waals surface area contributed by atoms with Gasteiger partial charge in [-0.1, -0.05) is 6.07 Å². The van der Waals surface area contributed by atoms with E-state index in [0.717, 1.165) is 17.7 Å². The standard InChI is InChI=1S/C16H13N3S/c1-2-7-19-15(3-1)13(11-18-19)10-17-14-4-5-16-12(9-14)6-8-20-16/h1-9,11,17H,10H2. The fourth-order valence-corrected chi connectivity index (χ4v) is 3.17. The molecule has 98 valence electrons. The first kappa shape index (κ1) is 11.5. The van der Waals surface area contributed by atoms with Gasteiger partial charge in [0.1, 0.15) is 0 Å². The van der Waals surface area contributed by atoms with Gasteiger partial charge in [-0.25, -0.2) is 4.52 Å². The zero-order chi connectivity index (χ0) is 13.4. The van der Waals surface area contributed by atoms with Gasteiger partial charge < -0.3 is 5.32 Å². The minimum Gasteiger partial charge on any atom is -0.381 e. The van der Waals surface area contributed by atoms with E-state index < -0.39 is 0 Å². The highest BCUT2D eigenvalue weighted by Gasteiger charge is 2.03. The monoisotopic (exact) mass is 279 g/mol. The molecular weight excluding hydrogens is 266 g/mol. The van der Waals surface area contributed by atoms with Crippen molar-refractivity contribution in [2.75, 3.05) is 5.32 Å². The Hall–Kier alpha value is -2.33. The van der Waals surface area contributed by atoms with E-state index in [1.54, 1.807) is 11.3 Å². The Morgan fingerprint density at radius 1 is 1.15 bits per heavy atom. The second-order valence-electron chi connectivity index (χ2n) is 4.73. The molecule has 4 rings (SSSR count). The molecule has 0 atom stereocenters. The van der Waals surface area contributed by atoms with Crippen LogP contribution >= 0.6 is 11.3 Å². The summed E-state index contributed by atoms with van der Waals surface area (Å²) in [7, 11) is 0. The second kappa shape index (κ2) is 4.65. The third kappa shape index (κ3) is 1.94. The van der Waals surface area contributed by atoms with E-state index in [1.165, 1.54) is 15.6 Å². The average molecular weight is 279 g/mol. The molecule has 0 radical (unpaired) electrons. The summed E-state index contributed by atoms with van der Waals surface area (Å²) < 4.78 is 3.23. The van der Waals surface area contributed by atoms with Gasteiger partial charge >= 0.3 is 0 Å². The van der Waals surface area contributed by atoms with Crippen molar-refractivity contribution in [3.63, 3.8) is 0 Å². The van der Waals surface area contributed by atoms with Gasteiger partial charge in [-0.3, -0.25) is 0 Å². The maximum Gasteiger partial charge on any atom is 0.0711 e. The van der Waals surface area contributed by atoms with Gasteiger partial charge in [-0.05, 0) is 47.2 Å². The van der Waals surface area contributed by atoms with Crippen LogP contribution in [0.1, 0.15) is 5.56 Å². The van der Waals surface area contributed by atoms with Crippen molar-refractivity contribution in [3.8, 4) is 0 Å². The number of rotatable bonds is 3. The molecule has 0 aliphatic heterocycles. The predicted octanol–water partition coefficient (Wildman–Crippen LogP) is 4.16. The number of fused-ring (bicyclic) bond motifs is 2.